The van der Waals surface area contributed by atoms with Crippen LogP contribution in [0.15, 0.2) is 18.2 Å². The Labute approximate surface area is 171 Å². The molecule has 7 heteroatoms. The molecule has 2 aliphatic heterocycles. The number of fused-ring (bicyclic) bond motifs is 1. The molecule has 2 heterocycles. The summed E-state index contributed by atoms with van der Waals surface area (Å²) in [6, 6.07) is 6.36. The van der Waals surface area contributed by atoms with E-state index in [1.54, 1.807) is 4.90 Å². The van der Waals surface area contributed by atoms with Gasteiger partial charge in [0.25, 0.3) is 5.91 Å². The van der Waals surface area contributed by atoms with Gasteiger partial charge in [0.05, 0.1) is 0 Å². The van der Waals surface area contributed by atoms with Crippen molar-refractivity contribution in [3.63, 3.8) is 0 Å². The van der Waals surface area contributed by atoms with Crippen LogP contribution < -0.4 is 10.6 Å². The van der Waals surface area contributed by atoms with Crippen LogP contribution in [0.2, 0.25) is 0 Å². The molecular formula is C22H30N4O3. The third kappa shape index (κ3) is 3.81. The maximum Gasteiger partial charge on any atom is 0.255 e. The number of benzene rings is 1. The lowest BCUT2D eigenvalue weighted by Gasteiger charge is -2.38. The van der Waals surface area contributed by atoms with Gasteiger partial charge in [-0.2, -0.15) is 0 Å². The fraction of sp³-hybridized carbons (Fsp3) is 0.591. The van der Waals surface area contributed by atoms with Gasteiger partial charge in [-0.05, 0) is 44.5 Å². The third-order valence-corrected chi connectivity index (χ3v) is 6.72. The molecule has 0 spiro atoms. The van der Waals surface area contributed by atoms with Crippen molar-refractivity contribution in [1.82, 2.24) is 20.4 Å². The first-order chi connectivity index (χ1) is 14.0. The van der Waals surface area contributed by atoms with Crippen LogP contribution in [0.25, 0.3) is 0 Å². The van der Waals surface area contributed by atoms with E-state index in [0.717, 1.165) is 23.1 Å². The van der Waals surface area contributed by atoms with Gasteiger partial charge < -0.3 is 10.2 Å². The average molecular weight is 399 g/mol. The van der Waals surface area contributed by atoms with Crippen molar-refractivity contribution in [3.05, 3.63) is 34.9 Å². The summed E-state index contributed by atoms with van der Waals surface area (Å²) >= 11 is 0. The first kappa shape index (κ1) is 20.0. The number of rotatable bonds is 5. The largest absolute Gasteiger partial charge is 0.322 e. The molecule has 3 atom stereocenters. The van der Waals surface area contributed by atoms with Gasteiger partial charge in [-0.15, -0.1) is 0 Å². The van der Waals surface area contributed by atoms with Crippen molar-refractivity contribution in [2.45, 2.75) is 69.7 Å². The molecule has 1 aliphatic carbocycles. The Morgan fingerprint density at radius 3 is 2.72 bits per heavy atom. The van der Waals surface area contributed by atoms with Crippen LogP contribution in [-0.2, 0) is 22.7 Å². The van der Waals surface area contributed by atoms with Crippen LogP contribution in [0.1, 0.15) is 60.0 Å². The SMILES string of the molecule is CN[C@H]1CCCC[C@@H]1N(C)Cc1cccc2c1C(=O)N(C1CCC(=O)NC1=O)C2. The molecule has 29 heavy (non-hydrogen) atoms. The summed E-state index contributed by atoms with van der Waals surface area (Å²) in [5.74, 6) is -0.711. The monoisotopic (exact) mass is 398 g/mol. The molecule has 1 saturated heterocycles. The maximum absolute atomic E-state index is 13.3. The summed E-state index contributed by atoms with van der Waals surface area (Å²) in [5, 5.41) is 5.82. The van der Waals surface area contributed by atoms with E-state index >= 15 is 0 Å². The second kappa shape index (κ2) is 8.24. The number of imide groups is 1. The van der Waals surface area contributed by atoms with Gasteiger partial charge in [-0.3, -0.25) is 24.6 Å². The lowest BCUT2D eigenvalue weighted by molar-refractivity contribution is -0.136. The molecule has 1 unspecified atom stereocenters. The van der Waals surface area contributed by atoms with Crippen LogP contribution >= 0.6 is 0 Å². The summed E-state index contributed by atoms with van der Waals surface area (Å²) in [5.41, 5.74) is 2.73. The first-order valence-corrected chi connectivity index (χ1v) is 10.6. The minimum atomic E-state index is -0.565. The van der Waals surface area contributed by atoms with E-state index < -0.39 is 6.04 Å². The highest BCUT2D eigenvalue weighted by Gasteiger charge is 2.40. The Kier molecular flexibility index (Phi) is 5.69. The Morgan fingerprint density at radius 2 is 1.97 bits per heavy atom. The molecule has 3 amide bonds. The van der Waals surface area contributed by atoms with E-state index in [0.29, 0.717) is 31.6 Å². The highest BCUT2D eigenvalue weighted by atomic mass is 16.2. The van der Waals surface area contributed by atoms with E-state index in [2.05, 4.69) is 22.6 Å². The third-order valence-electron chi connectivity index (χ3n) is 6.72. The molecule has 0 bridgehead atoms. The zero-order chi connectivity index (χ0) is 20.5. The van der Waals surface area contributed by atoms with E-state index in [9.17, 15) is 14.4 Å². The summed E-state index contributed by atoms with van der Waals surface area (Å²) in [6.45, 7) is 1.14. The van der Waals surface area contributed by atoms with Crippen molar-refractivity contribution < 1.29 is 14.4 Å². The second-order valence-corrected chi connectivity index (χ2v) is 8.51. The summed E-state index contributed by atoms with van der Waals surface area (Å²) in [7, 11) is 4.16. The molecule has 2 N–H and O–H groups in total. The number of hydrogen-bond acceptors (Lipinski definition) is 5. The number of likely N-dealkylation sites (N-methyl/N-ethyl adjacent to an activating group) is 2. The van der Waals surface area contributed by atoms with Gasteiger partial charge in [0, 0.05) is 37.2 Å². The van der Waals surface area contributed by atoms with E-state index in [1.807, 2.05) is 25.2 Å². The summed E-state index contributed by atoms with van der Waals surface area (Å²) in [4.78, 5) is 41.0. The molecular weight excluding hydrogens is 368 g/mol. The van der Waals surface area contributed by atoms with Crippen LogP contribution in [0.5, 0.6) is 0 Å². The normalized spacial score (nSPS) is 27.3. The van der Waals surface area contributed by atoms with Crippen molar-refractivity contribution in [2.24, 2.45) is 0 Å². The number of piperidine rings is 1. The minimum Gasteiger partial charge on any atom is -0.322 e. The lowest BCUT2D eigenvalue weighted by atomic mass is 9.89. The topological polar surface area (TPSA) is 81.8 Å². The maximum atomic E-state index is 13.3. The second-order valence-electron chi connectivity index (χ2n) is 8.51. The Balaban J connectivity index is 1.53. The van der Waals surface area contributed by atoms with Crippen molar-refractivity contribution in [2.75, 3.05) is 14.1 Å². The molecule has 3 aliphatic rings. The Morgan fingerprint density at radius 1 is 1.17 bits per heavy atom. The Bertz CT molecular complexity index is 824. The lowest BCUT2D eigenvalue weighted by Crippen LogP contribution is -2.52. The molecule has 7 nitrogen and oxygen atoms in total. The molecule has 2 fully saturated rings. The number of nitrogens with zero attached hydrogens (tertiary/aromatic N) is 2. The molecule has 4 rings (SSSR count). The van der Waals surface area contributed by atoms with Gasteiger partial charge in [0.1, 0.15) is 6.04 Å². The molecule has 0 aromatic heterocycles. The van der Waals surface area contributed by atoms with Gasteiger partial charge in [0.15, 0.2) is 0 Å². The number of nitrogens with one attached hydrogen (secondary N) is 2. The molecule has 1 saturated carbocycles. The summed E-state index contributed by atoms with van der Waals surface area (Å²) in [6.07, 6.45) is 5.51. The minimum absolute atomic E-state index is 0.0905. The fourth-order valence-electron chi connectivity index (χ4n) is 5.18. The van der Waals surface area contributed by atoms with E-state index in [1.165, 1.54) is 19.3 Å². The molecule has 0 radical (unpaired) electrons. The zero-order valence-electron chi connectivity index (χ0n) is 17.2. The highest BCUT2D eigenvalue weighted by molar-refractivity contribution is 6.05. The first-order valence-electron chi connectivity index (χ1n) is 10.6. The van der Waals surface area contributed by atoms with Crippen LogP contribution in [0, 0.1) is 0 Å². The van der Waals surface area contributed by atoms with Crippen LogP contribution in [0.4, 0.5) is 0 Å². The van der Waals surface area contributed by atoms with Crippen molar-refractivity contribution in [3.8, 4) is 0 Å². The predicted molar refractivity (Wildman–Crippen MR) is 109 cm³/mol. The molecule has 156 valence electrons. The molecule has 1 aromatic rings. The fourth-order valence-corrected chi connectivity index (χ4v) is 5.18. The van der Waals surface area contributed by atoms with E-state index in [4.69, 9.17) is 0 Å². The average Bonchev–Trinajstić information content (AvgIpc) is 3.05. The number of amides is 3. The van der Waals surface area contributed by atoms with Gasteiger partial charge in [-0.1, -0.05) is 31.0 Å². The predicted octanol–water partition coefficient (Wildman–Crippen LogP) is 1.41. The number of carbonyl (C=O) groups excluding carboxylic acids is 3. The Hall–Kier alpha value is -2.25. The van der Waals surface area contributed by atoms with Gasteiger partial charge in [0.2, 0.25) is 11.8 Å². The van der Waals surface area contributed by atoms with Crippen LogP contribution in [-0.4, -0.2) is 59.7 Å². The summed E-state index contributed by atoms with van der Waals surface area (Å²) < 4.78 is 0. The number of hydrogen-bond donors (Lipinski definition) is 2. The highest BCUT2D eigenvalue weighted by Crippen LogP contribution is 2.31. The number of carbonyl (C=O) groups is 3. The van der Waals surface area contributed by atoms with Crippen molar-refractivity contribution >= 4 is 17.7 Å². The van der Waals surface area contributed by atoms with Crippen LogP contribution in [0.3, 0.4) is 0 Å². The van der Waals surface area contributed by atoms with Gasteiger partial charge in [-0.25, -0.2) is 0 Å². The molecule has 1 aromatic carbocycles. The van der Waals surface area contributed by atoms with E-state index in [-0.39, 0.29) is 24.1 Å². The standard InChI is InChI=1S/C22H30N4O3/c1-23-16-8-3-4-9-17(16)25(2)12-14-6-5-7-15-13-26(22(29)20(14)15)18-10-11-19(27)24-21(18)28/h5-7,16-18,23H,3-4,8-13H2,1-2H3,(H,24,27,28)/t16-,17-,18?/m0/s1. The van der Waals surface area contributed by atoms with Gasteiger partial charge >= 0.3 is 0 Å². The quantitative estimate of drug-likeness (QED) is 0.733. The smallest absolute Gasteiger partial charge is 0.255 e. The van der Waals surface area contributed by atoms with Crippen molar-refractivity contribution in [1.29, 1.82) is 0 Å². The zero-order valence-corrected chi connectivity index (χ0v) is 17.2.